The monoisotopic (exact) mass is 256 g/mol. The van der Waals surface area contributed by atoms with Gasteiger partial charge >= 0.3 is 0 Å². The van der Waals surface area contributed by atoms with E-state index < -0.39 is 11.6 Å². The van der Waals surface area contributed by atoms with Crippen LogP contribution in [0.4, 0.5) is 14.5 Å². The quantitative estimate of drug-likeness (QED) is 0.805. The lowest BCUT2D eigenvalue weighted by molar-refractivity contribution is 0.568. The molecule has 102 valence electrons. The van der Waals surface area contributed by atoms with Crippen LogP contribution >= 0.6 is 0 Å². The molecule has 1 rings (SSSR count). The van der Waals surface area contributed by atoms with Gasteiger partial charge in [-0.15, -0.1) is 0 Å². The first-order chi connectivity index (χ1) is 8.60. The zero-order chi connectivity index (χ0) is 13.5. The van der Waals surface area contributed by atoms with Gasteiger partial charge in [0.2, 0.25) is 0 Å². The molecule has 2 nitrogen and oxygen atoms in total. The number of nitrogens with one attached hydrogen (secondary N) is 1. The number of nitrogens with zero attached hydrogens (tertiary/aromatic N) is 1. The summed E-state index contributed by atoms with van der Waals surface area (Å²) in [5.41, 5.74) is 0.711. The van der Waals surface area contributed by atoms with Gasteiger partial charge in [-0.2, -0.15) is 0 Å². The number of anilines is 1. The van der Waals surface area contributed by atoms with Crippen LogP contribution in [0.15, 0.2) is 12.1 Å². The minimum Gasteiger partial charge on any atom is -0.370 e. The van der Waals surface area contributed by atoms with Crippen molar-refractivity contribution in [2.24, 2.45) is 0 Å². The van der Waals surface area contributed by atoms with Gasteiger partial charge in [0, 0.05) is 20.1 Å². The topological polar surface area (TPSA) is 15.3 Å². The maximum atomic E-state index is 13.9. The maximum Gasteiger partial charge on any atom is 0.149 e. The van der Waals surface area contributed by atoms with Crippen LogP contribution in [0.3, 0.4) is 0 Å². The van der Waals surface area contributed by atoms with Gasteiger partial charge in [-0.25, -0.2) is 8.78 Å². The van der Waals surface area contributed by atoms with E-state index in [1.807, 2.05) is 6.92 Å². The lowest BCUT2D eigenvalue weighted by atomic mass is 10.1. The van der Waals surface area contributed by atoms with Crippen LogP contribution in [-0.4, -0.2) is 20.1 Å². The van der Waals surface area contributed by atoms with Crippen LogP contribution < -0.4 is 10.2 Å². The van der Waals surface area contributed by atoms with Gasteiger partial charge in [-0.3, -0.25) is 0 Å². The van der Waals surface area contributed by atoms with Crippen LogP contribution in [-0.2, 0) is 6.54 Å². The summed E-state index contributed by atoms with van der Waals surface area (Å²) in [6, 6.07) is 2.81. The molecule has 1 aromatic carbocycles. The molecule has 0 atom stereocenters. The Bertz CT molecular complexity index is 357. The minimum atomic E-state index is -0.485. The molecular formula is C14H22F2N2. The van der Waals surface area contributed by atoms with Crippen molar-refractivity contribution in [1.29, 1.82) is 0 Å². The Morgan fingerprint density at radius 3 is 2.28 bits per heavy atom. The molecular weight excluding hydrogens is 234 g/mol. The number of rotatable bonds is 7. The summed E-state index contributed by atoms with van der Waals surface area (Å²) < 4.78 is 27.8. The second-order valence-corrected chi connectivity index (χ2v) is 4.46. The highest BCUT2D eigenvalue weighted by molar-refractivity contribution is 5.50. The van der Waals surface area contributed by atoms with Crippen molar-refractivity contribution < 1.29 is 8.78 Å². The second-order valence-electron chi connectivity index (χ2n) is 4.46. The molecule has 1 aromatic rings. The molecule has 0 spiro atoms. The number of unbranched alkanes of at least 4 members (excludes halogenated alkanes) is 1. The zero-order valence-corrected chi connectivity index (χ0v) is 11.4. The molecule has 0 fully saturated rings. The first-order valence-electron chi connectivity index (χ1n) is 6.49. The van der Waals surface area contributed by atoms with E-state index in [1.165, 1.54) is 12.1 Å². The van der Waals surface area contributed by atoms with E-state index in [4.69, 9.17) is 0 Å². The van der Waals surface area contributed by atoms with Crippen LogP contribution in [0.5, 0.6) is 0 Å². The highest BCUT2D eigenvalue weighted by Gasteiger charge is 2.14. The Balaban J connectivity index is 2.86. The predicted octanol–water partition coefficient (Wildman–Crippen LogP) is 3.31. The fourth-order valence-corrected chi connectivity index (χ4v) is 1.86. The summed E-state index contributed by atoms with van der Waals surface area (Å²) >= 11 is 0. The Kier molecular flexibility index (Phi) is 6.05. The Morgan fingerprint density at radius 2 is 1.78 bits per heavy atom. The van der Waals surface area contributed by atoms with Crippen molar-refractivity contribution in [3.8, 4) is 0 Å². The molecule has 1 N–H and O–H groups in total. The van der Waals surface area contributed by atoms with Gasteiger partial charge in [0.05, 0.1) is 0 Å². The highest BCUT2D eigenvalue weighted by Crippen LogP contribution is 2.24. The fourth-order valence-electron chi connectivity index (χ4n) is 1.86. The number of hydrogen-bond acceptors (Lipinski definition) is 2. The molecule has 0 aliphatic carbocycles. The predicted molar refractivity (Wildman–Crippen MR) is 71.9 cm³/mol. The smallest absolute Gasteiger partial charge is 0.149 e. The minimum absolute atomic E-state index is 0.0729. The van der Waals surface area contributed by atoms with Crippen LogP contribution in [0.25, 0.3) is 0 Å². The molecule has 0 aliphatic heterocycles. The van der Waals surface area contributed by atoms with Gasteiger partial charge in [-0.1, -0.05) is 20.3 Å². The third kappa shape index (κ3) is 3.95. The summed E-state index contributed by atoms with van der Waals surface area (Å²) in [5, 5.41) is 3.06. The molecule has 18 heavy (non-hydrogen) atoms. The third-order valence-corrected chi connectivity index (χ3v) is 2.88. The maximum absolute atomic E-state index is 13.9. The fraction of sp³-hybridized carbons (Fsp3) is 0.571. The highest BCUT2D eigenvalue weighted by atomic mass is 19.1. The van der Waals surface area contributed by atoms with Crippen LogP contribution in [0, 0.1) is 11.6 Å². The second kappa shape index (κ2) is 7.31. The number of halogens is 2. The molecule has 0 unspecified atom stereocenters. The van der Waals surface area contributed by atoms with Gasteiger partial charge in [-0.05, 0) is 30.7 Å². The van der Waals surface area contributed by atoms with Crippen LogP contribution in [0.1, 0.15) is 32.3 Å². The van der Waals surface area contributed by atoms with Gasteiger partial charge in [0.1, 0.15) is 17.3 Å². The average molecular weight is 256 g/mol. The summed E-state index contributed by atoms with van der Waals surface area (Å²) in [4.78, 5) is 1.64. The lowest BCUT2D eigenvalue weighted by Crippen LogP contribution is -2.21. The van der Waals surface area contributed by atoms with E-state index in [0.29, 0.717) is 18.7 Å². The molecule has 0 aliphatic rings. The van der Waals surface area contributed by atoms with E-state index in [9.17, 15) is 8.78 Å². The molecule has 0 amide bonds. The van der Waals surface area contributed by atoms with Crippen molar-refractivity contribution in [1.82, 2.24) is 5.32 Å². The third-order valence-electron chi connectivity index (χ3n) is 2.88. The average Bonchev–Trinajstić information content (AvgIpc) is 2.33. The summed E-state index contributed by atoms with van der Waals surface area (Å²) in [6.07, 6.45) is 1.93. The Labute approximate surface area is 108 Å². The zero-order valence-electron chi connectivity index (χ0n) is 11.4. The van der Waals surface area contributed by atoms with Gasteiger partial charge in [0.25, 0.3) is 0 Å². The lowest BCUT2D eigenvalue weighted by Gasteiger charge is -2.21. The van der Waals surface area contributed by atoms with E-state index in [0.717, 1.165) is 19.4 Å². The number of benzene rings is 1. The van der Waals surface area contributed by atoms with Crippen molar-refractivity contribution in [2.75, 3.05) is 25.0 Å². The Morgan fingerprint density at radius 1 is 1.17 bits per heavy atom. The van der Waals surface area contributed by atoms with Crippen molar-refractivity contribution in [3.63, 3.8) is 0 Å². The van der Waals surface area contributed by atoms with Gasteiger partial charge < -0.3 is 10.2 Å². The molecule has 0 heterocycles. The molecule has 0 saturated heterocycles. The van der Waals surface area contributed by atoms with Crippen LogP contribution in [0.2, 0.25) is 0 Å². The van der Waals surface area contributed by atoms with Crippen molar-refractivity contribution in [2.45, 2.75) is 33.2 Å². The Hall–Kier alpha value is -1.16. The summed E-state index contributed by atoms with van der Waals surface area (Å²) in [6.45, 7) is 5.95. The summed E-state index contributed by atoms with van der Waals surface area (Å²) in [5.74, 6) is -0.969. The first-order valence-corrected chi connectivity index (χ1v) is 6.49. The molecule has 0 bridgehead atoms. The van der Waals surface area contributed by atoms with E-state index in [2.05, 4.69) is 12.2 Å². The van der Waals surface area contributed by atoms with E-state index in [1.54, 1.807) is 11.9 Å². The first kappa shape index (κ1) is 14.9. The largest absolute Gasteiger partial charge is 0.370 e. The number of hydrogen-bond donors (Lipinski definition) is 1. The molecule has 0 aromatic heterocycles. The SMILES string of the molecule is CCCCN(C)c1c(F)cc(CNCC)cc1F. The summed E-state index contributed by atoms with van der Waals surface area (Å²) in [7, 11) is 1.72. The molecule has 4 heteroatoms. The molecule has 0 radical (unpaired) electrons. The molecule has 0 saturated carbocycles. The standard InChI is InChI=1S/C14H22F2N2/c1-4-6-7-18(3)14-12(15)8-11(9-13(14)16)10-17-5-2/h8-9,17H,4-7,10H2,1-3H3. The van der Waals surface area contributed by atoms with E-state index in [-0.39, 0.29) is 5.69 Å². The van der Waals surface area contributed by atoms with E-state index >= 15 is 0 Å². The normalized spacial score (nSPS) is 10.7. The van der Waals surface area contributed by atoms with Crippen molar-refractivity contribution >= 4 is 5.69 Å². The van der Waals surface area contributed by atoms with Crippen molar-refractivity contribution in [3.05, 3.63) is 29.3 Å². The van der Waals surface area contributed by atoms with Gasteiger partial charge in [0.15, 0.2) is 0 Å².